The van der Waals surface area contributed by atoms with E-state index in [1.165, 1.54) is 17.1 Å². The van der Waals surface area contributed by atoms with E-state index < -0.39 is 0 Å². The van der Waals surface area contributed by atoms with Crippen molar-refractivity contribution in [2.75, 3.05) is 12.9 Å². The van der Waals surface area contributed by atoms with E-state index in [4.69, 9.17) is 15.0 Å². The van der Waals surface area contributed by atoms with Crippen LogP contribution in [0.15, 0.2) is 78.0 Å². The van der Waals surface area contributed by atoms with Crippen LogP contribution < -0.4 is 4.74 Å². The zero-order chi connectivity index (χ0) is 21.2. The Hall–Kier alpha value is -3.89. The van der Waals surface area contributed by atoms with Crippen LogP contribution in [0.4, 0.5) is 0 Å². The third-order valence-electron chi connectivity index (χ3n) is 4.99. The van der Waals surface area contributed by atoms with E-state index in [1.807, 2.05) is 42.5 Å². The van der Waals surface area contributed by atoms with Gasteiger partial charge in [0.2, 0.25) is 5.16 Å². The van der Waals surface area contributed by atoms with Gasteiger partial charge < -0.3 is 4.74 Å². The number of methoxy groups -OCH3 is 1. The summed E-state index contributed by atoms with van der Waals surface area (Å²) >= 11 is 1.30. The molecule has 7 heteroatoms. The molecule has 2 aromatic heterocycles. The summed E-state index contributed by atoms with van der Waals surface area (Å²) in [4.78, 5) is 9.32. The molecule has 31 heavy (non-hydrogen) atoms. The molecular formula is C24H17N5OS. The van der Waals surface area contributed by atoms with Crippen LogP contribution >= 0.6 is 11.8 Å². The average Bonchev–Trinajstić information content (AvgIpc) is 3.25. The normalized spacial score (nSPS) is 11.0. The largest absolute Gasteiger partial charge is 0.497 e. The maximum atomic E-state index is 8.90. The lowest BCUT2D eigenvalue weighted by molar-refractivity contribution is 0.415. The van der Waals surface area contributed by atoms with Crippen LogP contribution in [0.2, 0.25) is 0 Å². The maximum absolute atomic E-state index is 8.90. The molecule has 6 nitrogen and oxygen atoms in total. The number of ether oxygens (including phenoxy) is 1. The Kier molecular flexibility index (Phi) is 4.98. The molecule has 2 heterocycles. The summed E-state index contributed by atoms with van der Waals surface area (Å²) in [6, 6.07) is 26.5. The van der Waals surface area contributed by atoms with Crippen molar-refractivity contribution in [3.8, 4) is 34.3 Å². The van der Waals surface area contributed by atoms with Crippen molar-refractivity contribution < 1.29 is 4.74 Å². The third kappa shape index (κ3) is 3.69. The topological polar surface area (TPSA) is 76.1 Å². The Morgan fingerprint density at radius 3 is 2.48 bits per heavy atom. The molecule has 5 aromatic rings. The zero-order valence-corrected chi connectivity index (χ0v) is 17.5. The smallest absolute Gasteiger partial charge is 0.254 e. The van der Waals surface area contributed by atoms with Gasteiger partial charge in [-0.3, -0.25) is 0 Å². The molecule has 0 amide bonds. The highest BCUT2D eigenvalue weighted by atomic mass is 32.2. The molecule has 0 unspecified atom stereocenters. The first-order valence-corrected chi connectivity index (χ1v) is 10.6. The van der Waals surface area contributed by atoms with Gasteiger partial charge in [0.25, 0.3) is 5.78 Å². The number of rotatable bonds is 5. The monoisotopic (exact) mass is 423 g/mol. The molecular weight excluding hydrogens is 406 g/mol. The Morgan fingerprint density at radius 1 is 0.935 bits per heavy atom. The van der Waals surface area contributed by atoms with E-state index in [2.05, 4.69) is 46.5 Å². The number of hydrogen-bond donors (Lipinski definition) is 0. The van der Waals surface area contributed by atoms with Crippen LogP contribution in [-0.2, 0) is 0 Å². The number of hydrogen-bond acceptors (Lipinski definition) is 6. The highest BCUT2D eigenvalue weighted by Crippen LogP contribution is 2.29. The number of nitrogens with zero attached hydrogens (tertiary/aromatic N) is 5. The molecule has 0 aliphatic rings. The molecule has 0 N–H and O–H groups in total. The highest BCUT2D eigenvalue weighted by Gasteiger charge is 2.14. The molecule has 0 aliphatic carbocycles. The molecule has 0 radical (unpaired) electrons. The van der Waals surface area contributed by atoms with E-state index in [0.717, 1.165) is 33.7 Å². The number of benzene rings is 3. The minimum Gasteiger partial charge on any atom is -0.497 e. The summed E-state index contributed by atoms with van der Waals surface area (Å²) < 4.78 is 7.02. The van der Waals surface area contributed by atoms with Crippen molar-refractivity contribution in [1.29, 1.82) is 5.26 Å². The number of aromatic nitrogens is 4. The summed E-state index contributed by atoms with van der Waals surface area (Å²) in [6.07, 6.45) is 0. The van der Waals surface area contributed by atoms with Crippen LogP contribution in [0, 0.1) is 11.3 Å². The Balaban J connectivity index is 1.70. The Morgan fingerprint density at radius 2 is 1.71 bits per heavy atom. The van der Waals surface area contributed by atoms with Gasteiger partial charge in [0.15, 0.2) is 0 Å². The number of fused-ring (bicyclic) bond motifs is 2. The predicted octanol–water partition coefficient (Wildman–Crippen LogP) is 5.24. The second-order valence-corrected chi connectivity index (χ2v) is 7.81. The Bertz CT molecular complexity index is 1440. The summed E-state index contributed by atoms with van der Waals surface area (Å²) in [5.74, 6) is 1.57. The quantitative estimate of drug-likeness (QED) is 0.360. The van der Waals surface area contributed by atoms with Gasteiger partial charge in [0, 0.05) is 11.1 Å². The molecule has 0 fully saturated rings. The van der Waals surface area contributed by atoms with Gasteiger partial charge in [-0.25, -0.2) is 4.98 Å². The molecule has 0 bridgehead atoms. The molecule has 150 valence electrons. The van der Waals surface area contributed by atoms with Crippen LogP contribution in [-0.4, -0.2) is 32.4 Å². The molecule has 5 rings (SSSR count). The maximum Gasteiger partial charge on any atom is 0.254 e. The summed E-state index contributed by atoms with van der Waals surface area (Å²) in [7, 11) is 1.65. The van der Waals surface area contributed by atoms with Gasteiger partial charge >= 0.3 is 0 Å². The summed E-state index contributed by atoms with van der Waals surface area (Å²) in [6.45, 7) is 0. The van der Waals surface area contributed by atoms with E-state index in [1.54, 1.807) is 11.6 Å². The van der Waals surface area contributed by atoms with Gasteiger partial charge in [-0.2, -0.15) is 14.8 Å². The lowest BCUT2D eigenvalue weighted by Crippen LogP contribution is -1.99. The molecule has 0 saturated heterocycles. The third-order valence-corrected chi connectivity index (χ3v) is 5.69. The first-order valence-electron chi connectivity index (χ1n) is 9.66. The number of thioether (sulfide) groups is 1. The lowest BCUT2D eigenvalue weighted by atomic mass is 10.0. The van der Waals surface area contributed by atoms with Gasteiger partial charge in [0.1, 0.15) is 5.75 Å². The van der Waals surface area contributed by atoms with Crippen LogP contribution in [0.5, 0.6) is 5.75 Å². The SMILES string of the molecule is COc1ccc(-c2cc(-c3ccc4ccccc4c3)nc3nc(SCC#N)nn23)cc1. The van der Waals surface area contributed by atoms with Gasteiger partial charge in [0.05, 0.1) is 30.3 Å². The molecule has 0 atom stereocenters. The van der Waals surface area contributed by atoms with Crippen LogP contribution in [0.25, 0.3) is 39.1 Å². The van der Waals surface area contributed by atoms with Crippen molar-refractivity contribution in [3.63, 3.8) is 0 Å². The second kappa shape index (κ2) is 8.09. The first-order chi connectivity index (χ1) is 15.2. The van der Waals surface area contributed by atoms with Crippen LogP contribution in [0.1, 0.15) is 0 Å². The number of nitriles is 1. The van der Waals surface area contributed by atoms with Crippen molar-refractivity contribution in [1.82, 2.24) is 19.6 Å². The van der Waals surface area contributed by atoms with Crippen molar-refractivity contribution >= 4 is 28.3 Å². The van der Waals surface area contributed by atoms with Crippen LogP contribution in [0.3, 0.4) is 0 Å². The van der Waals surface area contributed by atoms with E-state index in [0.29, 0.717) is 10.9 Å². The van der Waals surface area contributed by atoms with Gasteiger partial charge in [-0.1, -0.05) is 48.2 Å². The average molecular weight is 424 g/mol. The standard InChI is InChI=1S/C24H17N5OS/c1-30-20-10-8-17(9-11-20)22-15-21(19-7-6-16-4-2-3-5-18(16)14-19)26-23-27-24(28-29(22)23)31-13-12-25/h2-11,14-15H,13H2,1H3. The highest BCUT2D eigenvalue weighted by molar-refractivity contribution is 7.99. The fourth-order valence-corrected chi connectivity index (χ4v) is 3.95. The molecule has 0 spiro atoms. The van der Waals surface area contributed by atoms with Gasteiger partial charge in [-0.05, 0) is 47.2 Å². The van der Waals surface area contributed by atoms with E-state index in [9.17, 15) is 0 Å². The minimum atomic E-state index is 0.284. The van der Waals surface area contributed by atoms with E-state index in [-0.39, 0.29) is 5.75 Å². The molecule has 0 aliphatic heterocycles. The molecule has 3 aromatic carbocycles. The van der Waals surface area contributed by atoms with E-state index >= 15 is 0 Å². The fraction of sp³-hybridized carbons (Fsp3) is 0.0833. The predicted molar refractivity (Wildman–Crippen MR) is 122 cm³/mol. The van der Waals surface area contributed by atoms with Crippen molar-refractivity contribution in [2.24, 2.45) is 0 Å². The first kappa shape index (κ1) is 19.1. The van der Waals surface area contributed by atoms with Crippen molar-refractivity contribution in [3.05, 3.63) is 72.8 Å². The second-order valence-electron chi connectivity index (χ2n) is 6.87. The molecule has 0 saturated carbocycles. The lowest BCUT2D eigenvalue weighted by Gasteiger charge is -2.09. The summed E-state index contributed by atoms with van der Waals surface area (Å²) in [5, 5.41) is 16.3. The summed E-state index contributed by atoms with van der Waals surface area (Å²) in [5.41, 5.74) is 3.66. The van der Waals surface area contributed by atoms with Crippen molar-refractivity contribution in [2.45, 2.75) is 5.16 Å². The zero-order valence-electron chi connectivity index (χ0n) is 16.7. The Labute approximate surface area is 183 Å². The van der Waals surface area contributed by atoms with Gasteiger partial charge in [-0.15, -0.1) is 5.10 Å². The fourth-order valence-electron chi connectivity index (χ4n) is 3.47. The minimum absolute atomic E-state index is 0.284.